The first kappa shape index (κ1) is 8.04. The highest BCUT2D eigenvalue weighted by Crippen LogP contribution is 2.30. The first-order valence-corrected chi connectivity index (χ1v) is 4.36. The van der Waals surface area contributed by atoms with Crippen molar-refractivity contribution in [2.75, 3.05) is 0 Å². The SMILES string of the molecule is O=CC1CCCC(I)=C1O. The summed E-state index contributed by atoms with van der Waals surface area (Å²) in [5, 5.41) is 9.28. The summed E-state index contributed by atoms with van der Waals surface area (Å²) in [5.41, 5.74) is 0. The van der Waals surface area contributed by atoms with Crippen molar-refractivity contribution < 1.29 is 9.90 Å². The fraction of sp³-hybridized carbons (Fsp3) is 0.571. The third-order valence-electron chi connectivity index (χ3n) is 1.70. The van der Waals surface area contributed by atoms with Gasteiger partial charge in [-0.2, -0.15) is 0 Å². The van der Waals surface area contributed by atoms with Crippen molar-refractivity contribution >= 4 is 28.9 Å². The molecule has 0 aromatic heterocycles. The average Bonchev–Trinajstić information content (AvgIpc) is 1.95. The van der Waals surface area contributed by atoms with E-state index in [1.807, 2.05) is 0 Å². The molecule has 1 N–H and O–H groups in total. The summed E-state index contributed by atoms with van der Waals surface area (Å²) >= 11 is 2.09. The molecule has 0 radical (unpaired) electrons. The molecule has 0 fully saturated rings. The van der Waals surface area contributed by atoms with Crippen molar-refractivity contribution in [1.29, 1.82) is 0 Å². The quantitative estimate of drug-likeness (QED) is 0.573. The van der Waals surface area contributed by atoms with Crippen molar-refractivity contribution in [1.82, 2.24) is 0 Å². The van der Waals surface area contributed by atoms with Crippen LogP contribution in [-0.2, 0) is 4.79 Å². The van der Waals surface area contributed by atoms with E-state index in [4.69, 9.17) is 0 Å². The predicted octanol–water partition coefficient (Wildman–Crippen LogP) is 2.19. The molecule has 1 aliphatic rings. The van der Waals surface area contributed by atoms with E-state index in [9.17, 15) is 9.90 Å². The molecule has 2 nitrogen and oxygen atoms in total. The highest BCUT2D eigenvalue weighted by Gasteiger charge is 2.20. The predicted molar refractivity (Wildman–Crippen MR) is 47.1 cm³/mol. The molecular weight excluding hydrogens is 243 g/mol. The number of aliphatic hydroxyl groups excluding tert-OH is 1. The average molecular weight is 252 g/mol. The van der Waals surface area contributed by atoms with Crippen LogP contribution < -0.4 is 0 Å². The van der Waals surface area contributed by atoms with Gasteiger partial charge >= 0.3 is 0 Å². The van der Waals surface area contributed by atoms with Crippen LogP contribution in [0.4, 0.5) is 0 Å². The number of hydrogen-bond acceptors (Lipinski definition) is 2. The van der Waals surface area contributed by atoms with Crippen LogP contribution >= 0.6 is 22.6 Å². The lowest BCUT2D eigenvalue weighted by Crippen LogP contribution is -2.11. The molecule has 1 aliphatic carbocycles. The van der Waals surface area contributed by atoms with Gasteiger partial charge < -0.3 is 9.90 Å². The number of allylic oxidation sites excluding steroid dienone is 2. The lowest BCUT2D eigenvalue weighted by atomic mass is 9.95. The Morgan fingerprint density at radius 1 is 1.70 bits per heavy atom. The van der Waals surface area contributed by atoms with Crippen molar-refractivity contribution in [3.8, 4) is 0 Å². The van der Waals surface area contributed by atoms with E-state index in [-0.39, 0.29) is 5.92 Å². The van der Waals surface area contributed by atoms with Crippen LogP contribution in [0, 0.1) is 5.92 Å². The standard InChI is InChI=1S/C7H9IO2/c8-6-3-1-2-5(4-9)7(6)10/h4-5,10H,1-3H2. The Hall–Kier alpha value is -0.0600. The molecule has 0 aromatic rings. The number of carbonyl (C=O) groups excluding carboxylic acids is 1. The Morgan fingerprint density at radius 3 is 2.90 bits per heavy atom. The van der Waals surface area contributed by atoms with Gasteiger partial charge in [-0.1, -0.05) is 0 Å². The molecule has 10 heavy (non-hydrogen) atoms. The largest absolute Gasteiger partial charge is 0.511 e. The molecule has 1 unspecified atom stereocenters. The number of aliphatic hydroxyl groups is 1. The number of hydrogen-bond donors (Lipinski definition) is 1. The van der Waals surface area contributed by atoms with Crippen LogP contribution in [0.25, 0.3) is 0 Å². The molecule has 1 rings (SSSR count). The Bertz CT molecular complexity index is 174. The van der Waals surface area contributed by atoms with Crippen LogP contribution in [0.1, 0.15) is 19.3 Å². The molecule has 56 valence electrons. The molecule has 0 bridgehead atoms. The maximum absolute atomic E-state index is 10.3. The molecule has 0 heterocycles. The van der Waals surface area contributed by atoms with Gasteiger partial charge in [0.15, 0.2) is 0 Å². The minimum atomic E-state index is -0.222. The van der Waals surface area contributed by atoms with Gasteiger partial charge in [0.2, 0.25) is 0 Å². The summed E-state index contributed by atoms with van der Waals surface area (Å²) in [4.78, 5) is 10.3. The van der Waals surface area contributed by atoms with Crippen LogP contribution in [0.15, 0.2) is 9.34 Å². The van der Waals surface area contributed by atoms with E-state index in [1.54, 1.807) is 0 Å². The Kier molecular flexibility index (Phi) is 2.71. The monoisotopic (exact) mass is 252 g/mol. The molecule has 1 atom stereocenters. The zero-order chi connectivity index (χ0) is 7.56. The Labute approximate surface area is 73.5 Å². The van der Waals surface area contributed by atoms with E-state index in [0.29, 0.717) is 5.76 Å². The third-order valence-corrected chi connectivity index (χ3v) is 2.80. The van der Waals surface area contributed by atoms with E-state index in [1.165, 1.54) is 0 Å². The summed E-state index contributed by atoms with van der Waals surface area (Å²) < 4.78 is 0.945. The lowest BCUT2D eigenvalue weighted by Gasteiger charge is -2.16. The smallest absolute Gasteiger partial charge is 0.130 e. The van der Waals surface area contributed by atoms with Crippen LogP contribution in [0.2, 0.25) is 0 Å². The van der Waals surface area contributed by atoms with Gasteiger partial charge in [0, 0.05) is 3.58 Å². The molecule has 0 saturated heterocycles. The summed E-state index contributed by atoms with van der Waals surface area (Å²) in [6, 6.07) is 0. The fourth-order valence-corrected chi connectivity index (χ4v) is 1.86. The highest BCUT2D eigenvalue weighted by atomic mass is 127. The van der Waals surface area contributed by atoms with Gasteiger partial charge in [-0.3, -0.25) is 0 Å². The van der Waals surface area contributed by atoms with Gasteiger partial charge in [0.1, 0.15) is 12.0 Å². The molecule has 0 spiro atoms. The van der Waals surface area contributed by atoms with Crippen molar-refractivity contribution in [3.05, 3.63) is 9.34 Å². The van der Waals surface area contributed by atoms with E-state index >= 15 is 0 Å². The maximum Gasteiger partial charge on any atom is 0.130 e. The van der Waals surface area contributed by atoms with Gasteiger partial charge in [0.25, 0.3) is 0 Å². The Morgan fingerprint density at radius 2 is 2.40 bits per heavy atom. The van der Waals surface area contributed by atoms with Gasteiger partial charge in [-0.25, -0.2) is 0 Å². The van der Waals surface area contributed by atoms with Crippen LogP contribution in [0.5, 0.6) is 0 Å². The Balaban J connectivity index is 2.77. The second kappa shape index (κ2) is 3.37. The van der Waals surface area contributed by atoms with Crippen LogP contribution in [-0.4, -0.2) is 11.4 Å². The highest BCUT2D eigenvalue weighted by molar-refractivity contribution is 14.1. The first-order chi connectivity index (χ1) is 4.75. The lowest BCUT2D eigenvalue weighted by molar-refractivity contribution is -0.111. The third kappa shape index (κ3) is 1.51. The number of carbonyl (C=O) groups is 1. The van der Waals surface area contributed by atoms with Gasteiger partial charge in [-0.05, 0) is 41.9 Å². The van der Waals surface area contributed by atoms with E-state index in [2.05, 4.69) is 22.6 Å². The van der Waals surface area contributed by atoms with Crippen molar-refractivity contribution in [3.63, 3.8) is 0 Å². The number of halogens is 1. The summed E-state index contributed by atoms with van der Waals surface area (Å²) in [6.45, 7) is 0. The van der Waals surface area contributed by atoms with Crippen molar-refractivity contribution in [2.45, 2.75) is 19.3 Å². The first-order valence-electron chi connectivity index (χ1n) is 3.28. The zero-order valence-electron chi connectivity index (χ0n) is 5.51. The second-order valence-corrected chi connectivity index (χ2v) is 3.73. The fourth-order valence-electron chi connectivity index (χ4n) is 1.08. The van der Waals surface area contributed by atoms with Gasteiger partial charge in [0.05, 0.1) is 5.92 Å². The topological polar surface area (TPSA) is 37.3 Å². The number of aldehydes is 1. The molecular formula is C7H9IO2. The summed E-state index contributed by atoms with van der Waals surface area (Å²) in [7, 11) is 0. The minimum absolute atomic E-state index is 0.222. The molecule has 0 aromatic carbocycles. The van der Waals surface area contributed by atoms with Crippen molar-refractivity contribution in [2.24, 2.45) is 5.92 Å². The summed E-state index contributed by atoms with van der Waals surface area (Å²) in [6.07, 6.45) is 3.58. The minimum Gasteiger partial charge on any atom is -0.511 e. The molecule has 3 heteroatoms. The normalized spacial score (nSPS) is 26.7. The summed E-state index contributed by atoms with van der Waals surface area (Å²) in [5.74, 6) is 0.0718. The van der Waals surface area contributed by atoms with Crippen LogP contribution in [0.3, 0.4) is 0 Å². The van der Waals surface area contributed by atoms with Gasteiger partial charge in [-0.15, -0.1) is 0 Å². The van der Waals surface area contributed by atoms with E-state index in [0.717, 1.165) is 29.1 Å². The second-order valence-electron chi connectivity index (χ2n) is 2.42. The molecule has 0 saturated carbocycles. The van der Waals surface area contributed by atoms with E-state index < -0.39 is 0 Å². The molecule has 0 aliphatic heterocycles. The zero-order valence-corrected chi connectivity index (χ0v) is 7.67. The number of rotatable bonds is 1. The molecule has 0 amide bonds. The maximum atomic E-state index is 10.3.